The van der Waals surface area contributed by atoms with Crippen molar-refractivity contribution < 1.29 is 0 Å². The second-order valence-corrected chi connectivity index (χ2v) is 5.22. The molecule has 0 saturated heterocycles. The summed E-state index contributed by atoms with van der Waals surface area (Å²) in [7, 11) is 4.25. The maximum absolute atomic E-state index is 6.48. The second kappa shape index (κ2) is 6.34. The van der Waals surface area contributed by atoms with E-state index < -0.39 is 0 Å². The van der Waals surface area contributed by atoms with Crippen molar-refractivity contribution in [2.45, 2.75) is 58.2 Å². The van der Waals surface area contributed by atoms with E-state index in [2.05, 4.69) is 51.1 Å². The van der Waals surface area contributed by atoms with Gasteiger partial charge in [-0.25, -0.2) is 0 Å². The van der Waals surface area contributed by atoms with Crippen LogP contribution in [0.1, 0.15) is 39.2 Å². The van der Waals surface area contributed by atoms with Gasteiger partial charge in [0.2, 0.25) is 0 Å². The Morgan fingerprint density at radius 2 is 1.94 bits per heavy atom. The highest BCUT2D eigenvalue weighted by Gasteiger charge is 2.35. The molecule has 0 aliphatic heterocycles. The molecule has 0 aliphatic carbocycles. The summed E-state index contributed by atoms with van der Waals surface area (Å²) in [6.45, 7) is 7.45. The molecule has 1 heterocycles. The topological polar surface area (TPSA) is 47.1 Å². The first-order chi connectivity index (χ1) is 8.50. The van der Waals surface area contributed by atoms with Crippen LogP contribution in [0.4, 0.5) is 0 Å². The summed E-state index contributed by atoms with van der Waals surface area (Å²) >= 11 is 0. The van der Waals surface area contributed by atoms with Crippen molar-refractivity contribution >= 4 is 0 Å². The van der Waals surface area contributed by atoms with Gasteiger partial charge in [0.05, 0.1) is 6.20 Å². The minimum atomic E-state index is 0.0777. The van der Waals surface area contributed by atoms with Crippen molar-refractivity contribution in [2.24, 2.45) is 5.73 Å². The number of likely N-dealkylation sites (N-methyl/N-ethyl adjacent to an activating group) is 1. The lowest BCUT2D eigenvalue weighted by Crippen LogP contribution is -2.57. The van der Waals surface area contributed by atoms with E-state index in [-0.39, 0.29) is 11.6 Å². The van der Waals surface area contributed by atoms with Crippen LogP contribution in [-0.4, -0.2) is 40.4 Å². The van der Waals surface area contributed by atoms with E-state index in [1.807, 2.05) is 10.9 Å². The highest BCUT2D eigenvalue weighted by atomic mass is 15.3. The van der Waals surface area contributed by atoms with Crippen LogP contribution in [0, 0.1) is 0 Å². The Balaban J connectivity index is 2.81. The predicted octanol–water partition coefficient (Wildman–Crippen LogP) is 1.89. The van der Waals surface area contributed by atoms with Crippen molar-refractivity contribution in [3.63, 3.8) is 0 Å². The standard InChI is InChI=1S/C14H28N4/c1-6-14(7-2,17(4)5)13(15)9-12-10-16-18(8-3)11-12/h10-11,13H,6-9,15H2,1-5H3. The molecule has 1 aromatic heterocycles. The molecule has 2 N–H and O–H groups in total. The number of aromatic nitrogens is 2. The SMILES string of the molecule is CCn1cc(CC(N)C(CC)(CC)N(C)C)cn1. The zero-order valence-electron chi connectivity index (χ0n) is 12.5. The predicted molar refractivity (Wildman–Crippen MR) is 76.6 cm³/mol. The number of nitrogens with zero attached hydrogens (tertiary/aromatic N) is 3. The van der Waals surface area contributed by atoms with Gasteiger partial charge in [0, 0.05) is 24.3 Å². The molecule has 104 valence electrons. The third-order valence-corrected chi connectivity index (χ3v) is 4.27. The molecule has 1 atom stereocenters. The Labute approximate surface area is 111 Å². The summed E-state index contributed by atoms with van der Waals surface area (Å²) < 4.78 is 1.96. The van der Waals surface area contributed by atoms with Crippen LogP contribution in [0.3, 0.4) is 0 Å². The molecule has 4 heteroatoms. The summed E-state index contributed by atoms with van der Waals surface area (Å²) in [6.07, 6.45) is 7.07. The molecule has 1 rings (SSSR count). The Morgan fingerprint density at radius 1 is 1.33 bits per heavy atom. The van der Waals surface area contributed by atoms with Crippen LogP contribution < -0.4 is 5.73 Å². The molecule has 1 aromatic rings. The van der Waals surface area contributed by atoms with Gasteiger partial charge in [-0.2, -0.15) is 5.10 Å². The Kier molecular flexibility index (Phi) is 5.35. The largest absolute Gasteiger partial charge is 0.326 e. The molecule has 0 aliphatic rings. The first-order valence-electron chi connectivity index (χ1n) is 6.94. The van der Waals surface area contributed by atoms with Crippen LogP contribution in [0.2, 0.25) is 0 Å². The molecular formula is C14H28N4. The summed E-state index contributed by atoms with van der Waals surface area (Å²) in [5.74, 6) is 0. The molecule has 1 unspecified atom stereocenters. The monoisotopic (exact) mass is 252 g/mol. The number of rotatable bonds is 7. The molecule has 0 radical (unpaired) electrons. The van der Waals surface area contributed by atoms with Gasteiger partial charge < -0.3 is 10.6 Å². The number of aryl methyl sites for hydroxylation is 1. The van der Waals surface area contributed by atoms with Crippen LogP contribution >= 0.6 is 0 Å². The zero-order valence-corrected chi connectivity index (χ0v) is 12.5. The molecule has 0 spiro atoms. The van der Waals surface area contributed by atoms with Gasteiger partial charge in [0.25, 0.3) is 0 Å². The fourth-order valence-corrected chi connectivity index (χ4v) is 2.87. The highest BCUT2D eigenvalue weighted by Crippen LogP contribution is 2.26. The minimum absolute atomic E-state index is 0.0777. The Morgan fingerprint density at radius 3 is 2.33 bits per heavy atom. The zero-order chi connectivity index (χ0) is 13.8. The lowest BCUT2D eigenvalue weighted by molar-refractivity contribution is 0.105. The van der Waals surface area contributed by atoms with Gasteiger partial charge in [0.1, 0.15) is 0 Å². The summed E-state index contributed by atoms with van der Waals surface area (Å²) in [5, 5.41) is 4.31. The molecule has 0 fully saturated rings. The van der Waals surface area contributed by atoms with E-state index in [0.717, 1.165) is 25.8 Å². The average Bonchev–Trinajstić information content (AvgIpc) is 2.78. The number of hydrogen-bond donors (Lipinski definition) is 1. The summed E-state index contributed by atoms with van der Waals surface area (Å²) in [4.78, 5) is 2.28. The average molecular weight is 252 g/mol. The van der Waals surface area contributed by atoms with E-state index >= 15 is 0 Å². The maximum atomic E-state index is 6.48. The third kappa shape index (κ3) is 2.93. The first kappa shape index (κ1) is 15.2. The van der Waals surface area contributed by atoms with Crippen LogP contribution in [-0.2, 0) is 13.0 Å². The summed E-state index contributed by atoms with van der Waals surface area (Å²) in [5.41, 5.74) is 7.79. The van der Waals surface area contributed by atoms with E-state index in [4.69, 9.17) is 5.73 Å². The van der Waals surface area contributed by atoms with Crippen molar-refractivity contribution in [2.75, 3.05) is 14.1 Å². The molecule has 0 saturated carbocycles. The molecular weight excluding hydrogens is 224 g/mol. The molecule has 0 bridgehead atoms. The van der Waals surface area contributed by atoms with Gasteiger partial charge in [-0.05, 0) is 45.8 Å². The molecule has 4 nitrogen and oxygen atoms in total. The van der Waals surface area contributed by atoms with Crippen molar-refractivity contribution in [3.8, 4) is 0 Å². The molecule has 18 heavy (non-hydrogen) atoms. The van der Waals surface area contributed by atoms with Crippen molar-refractivity contribution in [1.29, 1.82) is 0 Å². The quantitative estimate of drug-likeness (QED) is 0.806. The van der Waals surface area contributed by atoms with E-state index in [0.29, 0.717) is 0 Å². The van der Waals surface area contributed by atoms with E-state index in [1.165, 1.54) is 5.56 Å². The fourth-order valence-electron chi connectivity index (χ4n) is 2.87. The van der Waals surface area contributed by atoms with Gasteiger partial charge in [-0.1, -0.05) is 13.8 Å². The second-order valence-electron chi connectivity index (χ2n) is 5.22. The van der Waals surface area contributed by atoms with Gasteiger partial charge >= 0.3 is 0 Å². The fraction of sp³-hybridized carbons (Fsp3) is 0.786. The summed E-state index contributed by atoms with van der Waals surface area (Å²) in [6, 6.07) is 0.136. The van der Waals surface area contributed by atoms with Crippen LogP contribution in [0.25, 0.3) is 0 Å². The van der Waals surface area contributed by atoms with E-state index in [9.17, 15) is 0 Å². The molecule has 0 amide bonds. The Hall–Kier alpha value is -0.870. The van der Waals surface area contributed by atoms with Crippen molar-refractivity contribution in [3.05, 3.63) is 18.0 Å². The van der Waals surface area contributed by atoms with Crippen molar-refractivity contribution in [1.82, 2.24) is 14.7 Å². The van der Waals surface area contributed by atoms with Crippen LogP contribution in [0.15, 0.2) is 12.4 Å². The smallest absolute Gasteiger partial charge is 0.0522 e. The lowest BCUT2D eigenvalue weighted by atomic mass is 9.81. The maximum Gasteiger partial charge on any atom is 0.0522 e. The number of nitrogens with two attached hydrogens (primary N) is 1. The normalized spacial score (nSPS) is 14.2. The Bertz CT molecular complexity index is 352. The van der Waals surface area contributed by atoms with Gasteiger partial charge in [-0.3, -0.25) is 4.68 Å². The lowest BCUT2D eigenvalue weighted by Gasteiger charge is -2.43. The minimum Gasteiger partial charge on any atom is -0.326 e. The highest BCUT2D eigenvalue weighted by molar-refractivity contribution is 5.10. The number of hydrogen-bond acceptors (Lipinski definition) is 3. The van der Waals surface area contributed by atoms with E-state index in [1.54, 1.807) is 0 Å². The van der Waals surface area contributed by atoms with Gasteiger partial charge in [0.15, 0.2) is 0 Å². The first-order valence-corrected chi connectivity index (χ1v) is 6.94. The van der Waals surface area contributed by atoms with Crippen LogP contribution in [0.5, 0.6) is 0 Å². The molecule has 0 aromatic carbocycles. The van der Waals surface area contributed by atoms with Gasteiger partial charge in [-0.15, -0.1) is 0 Å². The third-order valence-electron chi connectivity index (χ3n) is 4.27.